The molecule has 4 atom stereocenters. The molecule has 0 fully saturated rings. The van der Waals surface area contributed by atoms with Crippen molar-refractivity contribution in [1.29, 1.82) is 0 Å². The minimum atomic E-state index is -0.715. The highest BCUT2D eigenvalue weighted by molar-refractivity contribution is 5.47. The number of hydrogen-bond acceptors (Lipinski definition) is 6. The first kappa shape index (κ1) is 21.9. The average Bonchev–Trinajstić information content (AvgIpc) is 2.71. The van der Waals surface area contributed by atoms with Gasteiger partial charge in [0.15, 0.2) is 0 Å². The van der Waals surface area contributed by atoms with Gasteiger partial charge in [0.25, 0.3) is 0 Å². The van der Waals surface area contributed by atoms with Crippen molar-refractivity contribution in [2.75, 3.05) is 17.2 Å². The third-order valence-electron chi connectivity index (χ3n) is 4.52. The molecule has 0 bridgehead atoms. The van der Waals surface area contributed by atoms with Gasteiger partial charge in [0.1, 0.15) is 6.23 Å². The highest BCUT2D eigenvalue weighted by Gasteiger charge is 2.18. The van der Waals surface area contributed by atoms with Crippen molar-refractivity contribution in [2.24, 2.45) is 11.7 Å². The van der Waals surface area contributed by atoms with Crippen molar-refractivity contribution in [3.05, 3.63) is 72.8 Å². The van der Waals surface area contributed by atoms with Gasteiger partial charge in [-0.1, -0.05) is 43.8 Å². The van der Waals surface area contributed by atoms with Gasteiger partial charge < -0.3 is 21.5 Å². The fraction of sp³-hybridized carbons (Fsp3) is 0.364. The van der Waals surface area contributed by atoms with Gasteiger partial charge in [-0.3, -0.25) is 10.6 Å². The fourth-order valence-electron chi connectivity index (χ4n) is 2.84. The summed E-state index contributed by atoms with van der Waals surface area (Å²) in [5, 5.41) is 23.1. The number of benzene rings is 2. The average molecular weight is 384 g/mol. The SMILES string of the molecule is C=CC(O)NCc1cccc(NC(NC(C)Nc2ccccc2)C(C)CN)c1. The van der Waals surface area contributed by atoms with Gasteiger partial charge >= 0.3 is 0 Å². The van der Waals surface area contributed by atoms with Crippen LogP contribution in [0.1, 0.15) is 19.4 Å². The van der Waals surface area contributed by atoms with E-state index < -0.39 is 6.23 Å². The van der Waals surface area contributed by atoms with Crippen LogP contribution in [-0.2, 0) is 6.54 Å². The summed E-state index contributed by atoms with van der Waals surface area (Å²) >= 11 is 0. The topological polar surface area (TPSA) is 94.4 Å². The van der Waals surface area contributed by atoms with Crippen LogP contribution < -0.4 is 27.0 Å². The maximum atomic E-state index is 9.58. The maximum absolute atomic E-state index is 9.58. The second-order valence-corrected chi connectivity index (χ2v) is 7.00. The predicted octanol–water partition coefficient (Wildman–Crippen LogP) is 2.66. The molecule has 0 saturated heterocycles. The summed E-state index contributed by atoms with van der Waals surface area (Å²) < 4.78 is 0. The number of nitrogens with one attached hydrogen (secondary N) is 4. The molecule has 0 spiro atoms. The highest BCUT2D eigenvalue weighted by Crippen LogP contribution is 2.15. The number of hydrogen-bond donors (Lipinski definition) is 6. The number of rotatable bonds is 12. The molecular formula is C22H33N5O. The first-order chi connectivity index (χ1) is 13.5. The molecule has 0 heterocycles. The van der Waals surface area contributed by atoms with Crippen molar-refractivity contribution in [3.63, 3.8) is 0 Å². The zero-order valence-electron chi connectivity index (χ0n) is 16.7. The summed E-state index contributed by atoms with van der Waals surface area (Å²) in [4.78, 5) is 0. The molecule has 0 aliphatic heterocycles. The largest absolute Gasteiger partial charge is 0.375 e. The third kappa shape index (κ3) is 7.32. The van der Waals surface area contributed by atoms with E-state index >= 15 is 0 Å². The number of nitrogens with two attached hydrogens (primary N) is 1. The Bertz CT molecular complexity index is 709. The number of aliphatic hydroxyl groups is 1. The van der Waals surface area contributed by atoms with Gasteiger partial charge in [-0.05, 0) is 49.4 Å². The zero-order valence-corrected chi connectivity index (χ0v) is 16.7. The Morgan fingerprint density at radius 1 is 1.04 bits per heavy atom. The molecule has 7 N–H and O–H groups in total. The molecule has 6 heteroatoms. The molecule has 2 rings (SSSR count). The standard InChI is InChI=1S/C22H33N5O/c1-4-21(28)24-15-18-9-8-12-20(13-18)27-22(16(2)14-23)26-17(3)25-19-10-6-5-7-11-19/h4-13,16-17,21-22,24-28H,1,14-15,23H2,2-3H3. The van der Waals surface area contributed by atoms with Crippen LogP contribution in [0, 0.1) is 5.92 Å². The molecule has 28 heavy (non-hydrogen) atoms. The Balaban J connectivity index is 2.00. The number of para-hydroxylation sites is 1. The Labute approximate surface area is 168 Å². The lowest BCUT2D eigenvalue weighted by Crippen LogP contribution is -2.50. The van der Waals surface area contributed by atoms with Crippen LogP contribution in [-0.4, -0.2) is 30.2 Å². The van der Waals surface area contributed by atoms with Gasteiger partial charge in [0.05, 0.1) is 12.3 Å². The highest BCUT2D eigenvalue weighted by atomic mass is 16.3. The molecule has 0 saturated carbocycles. The third-order valence-corrected chi connectivity index (χ3v) is 4.52. The fourth-order valence-corrected chi connectivity index (χ4v) is 2.84. The molecule has 0 aliphatic rings. The van der Waals surface area contributed by atoms with Crippen molar-refractivity contribution in [2.45, 2.75) is 39.0 Å². The molecular weight excluding hydrogens is 350 g/mol. The predicted molar refractivity (Wildman–Crippen MR) is 118 cm³/mol. The first-order valence-electron chi connectivity index (χ1n) is 9.69. The lowest BCUT2D eigenvalue weighted by Gasteiger charge is -2.30. The van der Waals surface area contributed by atoms with Gasteiger partial charge in [-0.15, -0.1) is 0 Å². The molecule has 152 valence electrons. The van der Waals surface area contributed by atoms with Crippen LogP contribution in [0.5, 0.6) is 0 Å². The van der Waals surface area contributed by atoms with Gasteiger partial charge in [-0.25, -0.2) is 0 Å². The van der Waals surface area contributed by atoms with Gasteiger partial charge in [-0.2, -0.15) is 0 Å². The quantitative estimate of drug-likeness (QED) is 0.249. The molecule has 2 aromatic carbocycles. The second-order valence-electron chi connectivity index (χ2n) is 7.00. The van der Waals surface area contributed by atoms with E-state index in [0.717, 1.165) is 16.9 Å². The Morgan fingerprint density at radius 3 is 2.43 bits per heavy atom. The van der Waals surface area contributed by atoms with Gasteiger partial charge in [0.2, 0.25) is 0 Å². The van der Waals surface area contributed by atoms with E-state index in [2.05, 4.69) is 47.8 Å². The summed E-state index contributed by atoms with van der Waals surface area (Å²) in [6, 6.07) is 18.2. The Hall–Kier alpha value is -2.38. The lowest BCUT2D eigenvalue weighted by atomic mass is 10.1. The van der Waals surface area contributed by atoms with E-state index in [9.17, 15) is 5.11 Å². The minimum Gasteiger partial charge on any atom is -0.375 e. The second kappa shape index (κ2) is 11.5. The van der Waals surface area contributed by atoms with Crippen LogP contribution in [0.4, 0.5) is 11.4 Å². The first-order valence-corrected chi connectivity index (χ1v) is 9.69. The van der Waals surface area contributed by atoms with E-state index in [1.165, 1.54) is 6.08 Å². The van der Waals surface area contributed by atoms with Crippen molar-refractivity contribution >= 4 is 11.4 Å². The maximum Gasteiger partial charge on any atom is 0.124 e. The van der Waals surface area contributed by atoms with Crippen LogP contribution in [0.25, 0.3) is 0 Å². The Morgan fingerprint density at radius 2 is 1.75 bits per heavy atom. The van der Waals surface area contributed by atoms with Crippen molar-refractivity contribution in [3.8, 4) is 0 Å². The minimum absolute atomic E-state index is 0.00168. The van der Waals surface area contributed by atoms with Gasteiger partial charge in [0, 0.05) is 23.8 Å². The van der Waals surface area contributed by atoms with Crippen LogP contribution in [0.2, 0.25) is 0 Å². The monoisotopic (exact) mass is 383 g/mol. The van der Waals surface area contributed by atoms with Crippen molar-refractivity contribution in [1.82, 2.24) is 10.6 Å². The summed E-state index contributed by atoms with van der Waals surface area (Å²) in [5.74, 6) is 0.226. The Kier molecular flexibility index (Phi) is 8.97. The van der Waals surface area contributed by atoms with E-state index in [1.54, 1.807) is 0 Å². The van der Waals surface area contributed by atoms with E-state index in [-0.39, 0.29) is 18.2 Å². The van der Waals surface area contributed by atoms with Crippen molar-refractivity contribution < 1.29 is 5.11 Å². The smallest absolute Gasteiger partial charge is 0.124 e. The van der Waals surface area contributed by atoms with E-state index in [4.69, 9.17) is 5.73 Å². The van der Waals surface area contributed by atoms with Crippen LogP contribution >= 0.6 is 0 Å². The summed E-state index contributed by atoms with van der Waals surface area (Å²) in [7, 11) is 0. The molecule has 0 radical (unpaired) electrons. The molecule has 0 aromatic heterocycles. The van der Waals surface area contributed by atoms with Crippen LogP contribution in [0.15, 0.2) is 67.3 Å². The number of aliphatic hydroxyl groups excluding tert-OH is 1. The lowest BCUT2D eigenvalue weighted by molar-refractivity contribution is 0.183. The van der Waals surface area contributed by atoms with Crippen LogP contribution in [0.3, 0.4) is 0 Å². The molecule has 2 aromatic rings. The molecule has 6 nitrogen and oxygen atoms in total. The summed E-state index contributed by atoms with van der Waals surface area (Å²) in [6.07, 6.45) is 0.805. The normalized spacial score (nSPS) is 15.3. The number of anilines is 2. The summed E-state index contributed by atoms with van der Waals surface area (Å²) in [6.45, 7) is 8.89. The summed E-state index contributed by atoms with van der Waals surface area (Å²) in [5.41, 5.74) is 9.07. The van der Waals surface area contributed by atoms with E-state index in [0.29, 0.717) is 13.1 Å². The molecule has 0 amide bonds. The zero-order chi connectivity index (χ0) is 20.4. The van der Waals surface area contributed by atoms with E-state index in [1.807, 2.05) is 48.5 Å². The molecule has 4 unspecified atom stereocenters. The molecule has 0 aliphatic carbocycles.